The number of halogens is 2. The Kier molecular flexibility index (Phi) is 5.29. The smallest absolute Gasteiger partial charge is 0.249 e. The van der Waals surface area contributed by atoms with Crippen LogP contribution in [0.4, 0.5) is 8.78 Å². The molecule has 0 saturated carbocycles. The number of nitrogens with zero attached hydrogens (tertiary/aromatic N) is 3. The first-order valence-corrected chi connectivity index (χ1v) is 8.51. The van der Waals surface area contributed by atoms with E-state index in [0.717, 1.165) is 22.3 Å². The number of aryl methyl sites for hydroxylation is 1. The highest BCUT2D eigenvalue weighted by Crippen LogP contribution is 2.26. The summed E-state index contributed by atoms with van der Waals surface area (Å²) in [6, 6.07) is 13.1. The Morgan fingerprint density at radius 3 is 2.65 bits per heavy atom. The van der Waals surface area contributed by atoms with Crippen molar-refractivity contribution in [3.63, 3.8) is 0 Å². The molecule has 1 aromatic carbocycles. The predicted molar refractivity (Wildman–Crippen MR) is 97.6 cm³/mol. The van der Waals surface area contributed by atoms with E-state index in [1.165, 1.54) is 0 Å². The Bertz CT molecular complexity index is 923. The van der Waals surface area contributed by atoms with Crippen LogP contribution in [-0.2, 0) is 6.42 Å². The molecule has 1 N–H and O–H groups in total. The molecule has 2 heterocycles. The van der Waals surface area contributed by atoms with E-state index in [1.54, 1.807) is 25.4 Å². The van der Waals surface area contributed by atoms with Crippen molar-refractivity contribution in [3.8, 4) is 11.8 Å². The van der Waals surface area contributed by atoms with E-state index < -0.39 is 5.92 Å². The van der Waals surface area contributed by atoms with Crippen LogP contribution in [0.3, 0.4) is 0 Å². The minimum Gasteiger partial charge on any atom is -0.320 e. The van der Waals surface area contributed by atoms with Crippen molar-refractivity contribution in [1.29, 1.82) is 5.26 Å². The van der Waals surface area contributed by atoms with Gasteiger partial charge < -0.3 is 9.88 Å². The molecule has 26 heavy (non-hydrogen) atoms. The minimum atomic E-state index is -2.67. The molecule has 3 aromatic rings. The van der Waals surface area contributed by atoms with Crippen molar-refractivity contribution >= 4 is 11.0 Å². The van der Waals surface area contributed by atoms with Gasteiger partial charge in [0, 0.05) is 42.9 Å². The Labute approximate surface area is 151 Å². The summed E-state index contributed by atoms with van der Waals surface area (Å²) in [5, 5.41) is 12.6. The van der Waals surface area contributed by atoms with Gasteiger partial charge in [-0.1, -0.05) is 0 Å². The average molecular weight is 354 g/mol. The lowest BCUT2D eigenvalue weighted by atomic mass is 10.0. The molecule has 0 radical (unpaired) electrons. The van der Waals surface area contributed by atoms with Gasteiger partial charge in [0.05, 0.1) is 11.6 Å². The standard InChI is InChI=1S/C20H20F2N4/c1-24-10-9-20(21,22)8-6-16-12-17-7-11-26(19(17)25-14-16)18-4-2-15(13-23)3-5-18/h2-5,7,11-12,14,24H,6,8-10H2,1H3. The maximum absolute atomic E-state index is 13.8. The number of rotatable bonds is 7. The van der Waals surface area contributed by atoms with Crippen molar-refractivity contribution in [2.24, 2.45) is 0 Å². The maximum Gasteiger partial charge on any atom is 0.249 e. The summed E-state index contributed by atoms with van der Waals surface area (Å²) in [5.74, 6) is -2.67. The van der Waals surface area contributed by atoms with Gasteiger partial charge in [0.15, 0.2) is 0 Å². The fraction of sp³-hybridized carbons (Fsp3) is 0.300. The highest BCUT2D eigenvalue weighted by Gasteiger charge is 2.27. The fourth-order valence-electron chi connectivity index (χ4n) is 2.87. The summed E-state index contributed by atoms with van der Waals surface area (Å²) < 4.78 is 29.5. The third-order valence-electron chi connectivity index (χ3n) is 4.38. The van der Waals surface area contributed by atoms with Crippen molar-refractivity contribution < 1.29 is 8.78 Å². The zero-order valence-electron chi connectivity index (χ0n) is 14.5. The van der Waals surface area contributed by atoms with Gasteiger partial charge in [-0.2, -0.15) is 5.26 Å². The van der Waals surface area contributed by atoms with Crippen LogP contribution in [0.2, 0.25) is 0 Å². The molecule has 2 aromatic heterocycles. The maximum atomic E-state index is 13.8. The second kappa shape index (κ2) is 7.63. The Morgan fingerprint density at radius 2 is 1.96 bits per heavy atom. The molecule has 0 unspecified atom stereocenters. The summed E-state index contributed by atoms with van der Waals surface area (Å²) in [5.41, 5.74) is 3.07. The van der Waals surface area contributed by atoms with Gasteiger partial charge in [0.1, 0.15) is 5.65 Å². The molecule has 3 rings (SSSR count). The van der Waals surface area contributed by atoms with E-state index in [-0.39, 0.29) is 12.8 Å². The van der Waals surface area contributed by atoms with Crippen molar-refractivity contribution in [2.45, 2.75) is 25.2 Å². The fourth-order valence-corrected chi connectivity index (χ4v) is 2.87. The first-order chi connectivity index (χ1) is 12.5. The lowest BCUT2D eigenvalue weighted by Crippen LogP contribution is -2.23. The number of alkyl halides is 2. The number of nitriles is 1. The Morgan fingerprint density at radius 1 is 1.19 bits per heavy atom. The van der Waals surface area contributed by atoms with Crippen LogP contribution in [0, 0.1) is 11.3 Å². The summed E-state index contributed by atoms with van der Waals surface area (Å²) in [6.45, 7) is 0.303. The van der Waals surface area contributed by atoms with Crippen molar-refractivity contribution in [2.75, 3.05) is 13.6 Å². The molecule has 134 valence electrons. The molecular formula is C20H20F2N4. The van der Waals surface area contributed by atoms with Gasteiger partial charge in [-0.05, 0) is 55.4 Å². The van der Waals surface area contributed by atoms with Crippen LogP contribution in [0.1, 0.15) is 24.0 Å². The van der Waals surface area contributed by atoms with Crippen LogP contribution in [-0.4, -0.2) is 29.1 Å². The third kappa shape index (κ3) is 4.06. The normalized spacial score (nSPS) is 11.6. The summed E-state index contributed by atoms with van der Waals surface area (Å²) >= 11 is 0. The van der Waals surface area contributed by atoms with E-state index in [2.05, 4.69) is 16.4 Å². The second-order valence-corrected chi connectivity index (χ2v) is 6.31. The predicted octanol–water partition coefficient (Wildman–Crippen LogP) is 4.07. The molecule has 0 amide bonds. The zero-order valence-corrected chi connectivity index (χ0v) is 14.5. The van der Waals surface area contributed by atoms with E-state index in [9.17, 15) is 8.78 Å². The SMILES string of the molecule is CNCCC(F)(F)CCc1cnc2c(ccn2-c2ccc(C#N)cc2)c1. The van der Waals surface area contributed by atoms with Crippen LogP contribution >= 0.6 is 0 Å². The lowest BCUT2D eigenvalue weighted by molar-refractivity contribution is -0.0148. The topological polar surface area (TPSA) is 53.6 Å². The van der Waals surface area contributed by atoms with E-state index in [4.69, 9.17) is 5.26 Å². The molecule has 0 saturated heterocycles. The monoisotopic (exact) mass is 354 g/mol. The van der Waals surface area contributed by atoms with Gasteiger partial charge in [-0.25, -0.2) is 13.8 Å². The number of hydrogen-bond acceptors (Lipinski definition) is 3. The number of benzene rings is 1. The number of nitrogens with one attached hydrogen (secondary N) is 1. The van der Waals surface area contributed by atoms with E-state index in [1.807, 2.05) is 35.0 Å². The van der Waals surface area contributed by atoms with Crippen LogP contribution in [0.25, 0.3) is 16.7 Å². The number of fused-ring (bicyclic) bond motifs is 1. The minimum absolute atomic E-state index is 0.158. The number of pyridine rings is 1. The molecule has 0 atom stereocenters. The highest BCUT2D eigenvalue weighted by atomic mass is 19.3. The molecule has 0 aliphatic carbocycles. The highest BCUT2D eigenvalue weighted by molar-refractivity contribution is 5.78. The molecule has 0 aliphatic heterocycles. The number of aromatic nitrogens is 2. The third-order valence-corrected chi connectivity index (χ3v) is 4.38. The number of hydrogen-bond donors (Lipinski definition) is 1. The van der Waals surface area contributed by atoms with Gasteiger partial charge in [0.2, 0.25) is 5.92 Å². The quantitative estimate of drug-likeness (QED) is 0.696. The summed E-state index contributed by atoms with van der Waals surface area (Å²) in [7, 11) is 1.67. The molecule has 0 spiro atoms. The van der Waals surface area contributed by atoms with E-state index >= 15 is 0 Å². The van der Waals surface area contributed by atoms with Gasteiger partial charge in [-0.3, -0.25) is 0 Å². The largest absolute Gasteiger partial charge is 0.320 e. The van der Waals surface area contributed by atoms with Crippen LogP contribution in [0.5, 0.6) is 0 Å². The summed E-state index contributed by atoms with van der Waals surface area (Å²) in [6.07, 6.45) is 3.51. The lowest BCUT2D eigenvalue weighted by Gasteiger charge is -2.15. The van der Waals surface area contributed by atoms with Gasteiger partial charge in [-0.15, -0.1) is 0 Å². The summed E-state index contributed by atoms with van der Waals surface area (Å²) in [4.78, 5) is 4.46. The van der Waals surface area contributed by atoms with Crippen LogP contribution in [0.15, 0.2) is 48.8 Å². The van der Waals surface area contributed by atoms with E-state index in [0.29, 0.717) is 18.5 Å². The van der Waals surface area contributed by atoms with Crippen molar-refractivity contribution in [1.82, 2.24) is 14.9 Å². The zero-order chi connectivity index (χ0) is 18.6. The van der Waals surface area contributed by atoms with Gasteiger partial charge in [0.25, 0.3) is 0 Å². The second-order valence-electron chi connectivity index (χ2n) is 6.31. The molecule has 4 nitrogen and oxygen atoms in total. The van der Waals surface area contributed by atoms with Gasteiger partial charge >= 0.3 is 0 Å². The molecule has 6 heteroatoms. The van der Waals surface area contributed by atoms with Crippen LogP contribution < -0.4 is 5.32 Å². The first kappa shape index (κ1) is 18.0. The Balaban J connectivity index is 1.77. The molecule has 0 bridgehead atoms. The average Bonchev–Trinajstić information content (AvgIpc) is 3.08. The first-order valence-electron chi connectivity index (χ1n) is 8.51. The Hall–Kier alpha value is -2.78. The van der Waals surface area contributed by atoms with Crippen molar-refractivity contribution in [3.05, 3.63) is 59.9 Å². The molecule has 0 fully saturated rings. The molecule has 0 aliphatic rings. The molecular weight excluding hydrogens is 334 g/mol.